The molecule has 1 unspecified atom stereocenters. The summed E-state index contributed by atoms with van der Waals surface area (Å²) in [7, 11) is 1.92. The fourth-order valence-electron chi connectivity index (χ4n) is 0.135. The van der Waals surface area contributed by atoms with Crippen LogP contribution in [0.25, 0.3) is 0 Å². The van der Waals surface area contributed by atoms with Crippen molar-refractivity contribution in [2.45, 2.75) is 10.7 Å². The van der Waals surface area contributed by atoms with Crippen molar-refractivity contribution < 1.29 is 24.7 Å². The fraction of sp³-hybridized carbons (Fsp3) is 1.00. The Morgan fingerprint density at radius 2 is 2.33 bits per heavy atom. The second-order valence-corrected chi connectivity index (χ2v) is 4.26. The summed E-state index contributed by atoms with van der Waals surface area (Å²) in [5, 5.41) is 3.04. The molecule has 0 aromatic rings. The van der Waals surface area contributed by atoms with E-state index in [1.165, 1.54) is 0 Å². The van der Waals surface area contributed by atoms with Crippen molar-refractivity contribution in [2.24, 2.45) is 0 Å². The monoisotopic (exact) mass is 200 g/mol. The summed E-state index contributed by atoms with van der Waals surface area (Å²) in [6, 6.07) is 0. The SMILES string of the molecule is CNC1(C)O[I-]1. The number of nitrogens with one attached hydrogen (secondary N) is 1. The van der Waals surface area contributed by atoms with E-state index in [4.69, 9.17) is 3.07 Å². The first-order valence-corrected chi connectivity index (χ1v) is 3.76. The standard InChI is InChI=1S/C3H7INO/c1-3(5-2)4-6-3/h5H,1-2H3/q-1. The predicted octanol–water partition coefficient (Wildman–Crippen LogP) is -3.09. The molecular weight excluding hydrogens is 193 g/mol. The van der Waals surface area contributed by atoms with Gasteiger partial charge >= 0.3 is 47.7 Å². The summed E-state index contributed by atoms with van der Waals surface area (Å²) >= 11 is 0.0793. The molecule has 0 aliphatic carbocycles. The Morgan fingerprint density at radius 1 is 1.83 bits per heavy atom. The van der Waals surface area contributed by atoms with E-state index in [0.717, 1.165) is 0 Å². The molecule has 1 N–H and O–H groups in total. The van der Waals surface area contributed by atoms with E-state index >= 15 is 0 Å². The molecule has 0 spiro atoms. The molecular formula is C3H7INO-. The summed E-state index contributed by atoms with van der Waals surface area (Å²) in [6.07, 6.45) is 0. The third kappa shape index (κ3) is 0.828. The van der Waals surface area contributed by atoms with Crippen LogP contribution >= 0.6 is 0 Å². The molecule has 2 nitrogen and oxygen atoms in total. The zero-order valence-corrected chi connectivity index (χ0v) is 5.94. The van der Waals surface area contributed by atoms with Crippen LogP contribution in [0, 0.1) is 0 Å². The first-order valence-electron chi connectivity index (χ1n) is 1.80. The molecule has 0 bridgehead atoms. The number of halogens is 1. The summed E-state index contributed by atoms with van der Waals surface area (Å²) in [5.41, 5.74) is 0. The van der Waals surface area contributed by atoms with Crippen molar-refractivity contribution >= 4 is 0 Å². The van der Waals surface area contributed by atoms with Crippen LogP contribution in [0.2, 0.25) is 0 Å². The van der Waals surface area contributed by atoms with Crippen molar-refractivity contribution in [1.82, 2.24) is 5.32 Å². The van der Waals surface area contributed by atoms with E-state index in [1.54, 1.807) is 0 Å². The molecule has 1 atom stereocenters. The molecule has 1 aliphatic heterocycles. The van der Waals surface area contributed by atoms with Crippen molar-refractivity contribution in [3.05, 3.63) is 0 Å². The molecule has 0 aromatic heterocycles. The summed E-state index contributed by atoms with van der Waals surface area (Å²) < 4.78 is 5.20. The molecule has 38 valence electrons. The number of hydrogen-bond donors (Lipinski definition) is 1. The molecule has 0 amide bonds. The molecule has 1 saturated heterocycles. The molecule has 0 saturated carbocycles. The average Bonchev–Trinajstić information content (AvgIpc) is 2.22. The van der Waals surface area contributed by atoms with Crippen molar-refractivity contribution in [3.8, 4) is 0 Å². The van der Waals surface area contributed by atoms with Gasteiger partial charge in [0, 0.05) is 0 Å². The van der Waals surface area contributed by atoms with Gasteiger partial charge in [0.05, 0.1) is 0 Å². The van der Waals surface area contributed by atoms with Crippen LogP contribution in [-0.2, 0) is 3.07 Å². The predicted molar refractivity (Wildman–Crippen MR) is 18.5 cm³/mol. The van der Waals surface area contributed by atoms with E-state index in [1.807, 2.05) is 7.05 Å². The second-order valence-electron chi connectivity index (χ2n) is 1.32. The quantitative estimate of drug-likeness (QED) is 0.210. The first-order chi connectivity index (χ1) is 2.77. The third-order valence-corrected chi connectivity index (χ3v) is 3.06. The number of alkyl halides is 1. The topological polar surface area (TPSA) is 24.6 Å². The Labute approximate surface area is 48.1 Å². The van der Waals surface area contributed by atoms with Gasteiger partial charge in [-0.15, -0.1) is 0 Å². The van der Waals surface area contributed by atoms with E-state index in [2.05, 4.69) is 12.2 Å². The van der Waals surface area contributed by atoms with Gasteiger partial charge in [-0.05, 0) is 0 Å². The van der Waals surface area contributed by atoms with E-state index < -0.39 is 0 Å². The van der Waals surface area contributed by atoms with E-state index in [-0.39, 0.29) is 25.4 Å². The molecule has 1 fully saturated rings. The Bertz CT molecular complexity index is 61.8. The van der Waals surface area contributed by atoms with Crippen LogP contribution in [0.15, 0.2) is 0 Å². The zero-order chi connectivity index (χ0) is 4.62. The number of rotatable bonds is 1. The third-order valence-electron chi connectivity index (χ3n) is 0.755. The van der Waals surface area contributed by atoms with Gasteiger partial charge in [0.1, 0.15) is 0 Å². The molecule has 1 heterocycles. The average molecular weight is 200 g/mol. The van der Waals surface area contributed by atoms with Gasteiger partial charge in [0.2, 0.25) is 0 Å². The van der Waals surface area contributed by atoms with E-state index in [9.17, 15) is 0 Å². The summed E-state index contributed by atoms with van der Waals surface area (Å²) in [5.74, 6) is 0. The fourth-order valence-corrected chi connectivity index (χ4v) is 0.906. The van der Waals surface area contributed by atoms with Crippen LogP contribution in [0.5, 0.6) is 0 Å². The van der Waals surface area contributed by atoms with E-state index in [0.29, 0.717) is 0 Å². The van der Waals surface area contributed by atoms with Gasteiger partial charge < -0.3 is 0 Å². The molecule has 0 radical (unpaired) electrons. The molecule has 6 heavy (non-hydrogen) atoms. The molecule has 3 heteroatoms. The molecule has 1 aliphatic rings. The summed E-state index contributed by atoms with van der Waals surface area (Å²) in [4.78, 5) is 0. The van der Waals surface area contributed by atoms with Gasteiger partial charge in [0.15, 0.2) is 0 Å². The normalized spacial score (nSPS) is 44.3. The molecule has 1 rings (SSSR count). The summed E-state index contributed by atoms with van der Waals surface area (Å²) in [6.45, 7) is 2.07. The van der Waals surface area contributed by atoms with Crippen molar-refractivity contribution in [3.63, 3.8) is 0 Å². The minimum absolute atomic E-state index is 0.0793. The van der Waals surface area contributed by atoms with Gasteiger partial charge in [-0.3, -0.25) is 0 Å². The van der Waals surface area contributed by atoms with Crippen molar-refractivity contribution in [2.75, 3.05) is 7.05 Å². The van der Waals surface area contributed by atoms with Gasteiger partial charge in [-0.2, -0.15) is 0 Å². The van der Waals surface area contributed by atoms with Gasteiger partial charge in [0.25, 0.3) is 0 Å². The molecule has 0 aromatic carbocycles. The Balaban J connectivity index is 2.28. The maximum absolute atomic E-state index is 5.04. The van der Waals surface area contributed by atoms with Crippen LogP contribution < -0.4 is 26.9 Å². The van der Waals surface area contributed by atoms with Crippen molar-refractivity contribution in [1.29, 1.82) is 0 Å². The Kier molecular flexibility index (Phi) is 1.05. The van der Waals surface area contributed by atoms with Gasteiger partial charge in [-0.1, -0.05) is 0 Å². The Morgan fingerprint density at radius 3 is 2.33 bits per heavy atom. The van der Waals surface area contributed by atoms with Crippen LogP contribution in [0.4, 0.5) is 0 Å². The Hall–Kier alpha value is 0.650. The second kappa shape index (κ2) is 1.31. The first kappa shape index (κ1) is 4.80. The maximum atomic E-state index is 5.04. The van der Waals surface area contributed by atoms with Gasteiger partial charge in [-0.25, -0.2) is 0 Å². The van der Waals surface area contributed by atoms with Crippen LogP contribution in [0.1, 0.15) is 6.92 Å². The zero-order valence-electron chi connectivity index (χ0n) is 3.79. The van der Waals surface area contributed by atoms with Crippen LogP contribution in [-0.4, -0.2) is 10.8 Å². The number of hydrogen-bond acceptors (Lipinski definition) is 2. The van der Waals surface area contributed by atoms with Crippen LogP contribution in [0.3, 0.4) is 0 Å². The minimum atomic E-state index is 0.0793.